The summed E-state index contributed by atoms with van der Waals surface area (Å²) in [6.45, 7) is 0. The van der Waals surface area contributed by atoms with E-state index < -0.39 is 0 Å². The van der Waals surface area contributed by atoms with Crippen molar-refractivity contribution in [3.8, 4) is 0 Å². The Bertz CT molecular complexity index is 452. The molecule has 0 saturated heterocycles. The maximum absolute atomic E-state index is 4.40. The highest BCUT2D eigenvalue weighted by Gasteiger charge is 2.25. The Morgan fingerprint density at radius 3 is 3.00 bits per heavy atom. The van der Waals surface area contributed by atoms with Gasteiger partial charge in [-0.3, -0.25) is 4.68 Å². The van der Waals surface area contributed by atoms with E-state index in [-0.39, 0.29) is 0 Å². The predicted molar refractivity (Wildman–Crippen MR) is 52.7 cm³/mol. The first-order valence-electron chi connectivity index (χ1n) is 4.77. The van der Waals surface area contributed by atoms with Gasteiger partial charge in [0.1, 0.15) is 0 Å². The number of aryl methyl sites for hydroxylation is 1. The monoisotopic (exact) mass is 172 g/mol. The third kappa shape index (κ3) is 1.05. The molecule has 66 valence electrons. The average molecular weight is 172 g/mol. The molecule has 1 aromatic heterocycles. The lowest BCUT2D eigenvalue weighted by Gasteiger charge is -1.97. The summed E-state index contributed by atoms with van der Waals surface area (Å²) in [7, 11) is 1.98. The molecule has 1 fully saturated rings. The molecule has 0 unspecified atom stereocenters. The number of hydrogen-bond donors (Lipinski definition) is 0. The molecule has 1 aliphatic rings. The van der Waals surface area contributed by atoms with Gasteiger partial charge in [-0.1, -0.05) is 12.1 Å². The molecule has 1 aromatic carbocycles. The van der Waals surface area contributed by atoms with Crippen LogP contribution in [0.4, 0.5) is 0 Å². The van der Waals surface area contributed by atoms with Crippen LogP contribution in [-0.2, 0) is 7.05 Å². The molecule has 0 atom stereocenters. The Kier molecular flexibility index (Phi) is 1.29. The zero-order valence-electron chi connectivity index (χ0n) is 7.70. The molecule has 0 bridgehead atoms. The molecule has 13 heavy (non-hydrogen) atoms. The van der Waals surface area contributed by atoms with Crippen LogP contribution in [0.5, 0.6) is 0 Å². The van der Waals surface area contributed by atoms with E-state index in [0.29, 0.717) is 0 Å². The number of fused-ring (bicyclic) bond motifs is 1. The first kappa shape index (κ1) is 7.13. The summed E-state index contributed by atoms with van der Waals surface area (Å²) < 4.78 is 1.90. The van der Waals surface area contributed by atoms with Crippen molar-refractivity contribution in [1.29, 1.82) is 0 Å². The minimum atomic E-state index is 0.813. The topological polar surface area (TPSA) is 17.8 Å². The number of nitrogens with zero attached hydrogens (tertiary/aromatic N) is 2. The molecular formula is C11H12N2. The van der Waals surface area contributed by atoms with Gasteiger partial charge in [-0.15, -0.1) is 0 Å². The minimum absolute atomic E-state index is 0.813. The van der Waals surface area contributed by atoms with Crippen molar-refractivity contribution >= 4 is 10.9 Å². The summed E-state index contributed by atoms with van der Waals surface area (Å²) >= 11 is 0. The Morgan fingerprint density at radius 2 is 2.23 bits per heavy atom. The minimum Gasteiger partial charge on any atom is -0.275 e. The molecule has 3 rings (SSSR count). The molecule has 1 heterocycles. The van der Waals surface area contributed by atoms with Crippen LogP contribution in [0.1, 0.15) is 24.3 Å². The van der Waals surface area contributed by atoms with E-state index in [1.807, 2.05) is 11.7 Å². The van der Waals surface area contributed by atoms with E-state index in [1.165, 1.54) is 23.8 Å². The van der Waals surface area contributed by atoms with Gasteiger partial charge in [0, 0.05) is 18.6 Å². The Balaban J connectivity index is 2.31. The van der Waals surface area contributed by atoms with Crippen molar-refractivity contribution in [2.24, 2.45) is 7.05 Å². The van der Waals surface area contributed by atoms with Crippen LogP contribution < -0.4 is 0 Å². The summed E-state index contributed by atoms with van der Waals surface area (Å²) in [6.07, 6.45) is 4.84. The highest BCUT2D eigenvalue weighted by Crippen LogP contribution is 2.42. The number of rotatable bonds is 1. The van der Waals surface area contributed by atoms with Crippen molar-refractivity contribution in [2.75, 3.05) is 0 Å². The SMILES string of the molecule is Cn1cc2c(C3CC3)cccc2n1. The molecule has 0 amide bonds. The maximum atomic E-state index is 4.40. The fourth-order valence-electron chi connectivity index (χ4n) is 1.93. The van der Waals surface area contributed by atoms with E-state index in [4.69, 9.17) is 0 Å². The van der Waals surface area contributed by atoms with Gasteiger partial charge in [-0.25, -0.2) is 0 Å². The normalized spacial score (nSPS) is 16.7. The quantitative estimate of drug-likeness (QED) is 0.646. The molecule has 1 saturated carbocycles. The van der Waals surface area contributed by atoms with Gasteiger partial charge in [-0.05, 0) is 30.4 Å². The van der Waals surface area contributed by atoms with Gasteiger partial charge in [0.05, 0.1) is 5.52 Å². The van der Waals surface area contributed by atoms with Gasteiger partial charge in [-0.2, -0.15) is 5.10 Å². The Morgan fingerprint density at radius 1 is 1.38 bits per heavy atom. The molecule has 0 aliphatic heterocycles. The molecule has 1 aliphatic carbocycles. The third-order valence-electron chi connectivity index (χ3n) is 2.72. The zero-order valence-corrected chi connectivity index (χ0v) is 7.70. The van der Waals surface area contributed by atoms with Crippen LogP contribution in [0, 0.1) is 0 Å². The standard InChI is InChI=1S/C11H12N2/c1-13-7-10-9(8-5-6-8)3-2-4-11(10)12-13/h2-4,7-8H,5-6H2,1H3. The van der Waals surface area contributed by atoms with Crippen LogP contribution in [0.3, 0.4) is 0 Å². The predicted octanol–water partition coefficient (Wildman–Crippen LogP) is 2.45. The smallest absolute Gasteiger partial charge is 0.0926 e. The lowest BCUT2D eigenvalue weighted by Crippen LogP contribution is -1.84. The molecule has 2 nitrogen and oxygen atoms in total. The van der Waals surface area contributed by atoms with Crippen molar-refractivity contribution in [3.05, 3.63) is 30.0 Å². The van der Waals surface area contributed by atoms with E-state index in [1.54, 1.807) is 0 Å². The number of aromatic nitrogens is 2. The van der Waals surface area contributed by atoms with E-state index in [0.717, 1.165) is 11.4 Å². The lowest BCUT2D eigenvalue weighted by atomic mass is 10.1. The second-order valence-corrected chi connectivity index (χ2v) is 3.86. The maximum Gasteiger partial charge on any atom is 0.0926 e. The largest absolute Gasteiger partial charge is 0.275 e. The molecule has 0 radical (unpaired) electrons. The van der Waals surface area contributed by atoms with Gasteiger partial charge in [0.2, 0.25) is 0 Å². The van der Waals surface area contributed by atoms with Crippen LogP contribution >= 0.6 is 0 Å². The van der Waals surface area contributed by atoms with Gasteiger partial charge in [0.15, 0.2) is 0 Å². The Labute approximate surface area is 77.2 Å². The fraction of sp³-hybridized carbons (Fsp3) is 0.364. The van der Waals surface area contributed by atoms with Crippen LogP contribution in [0.2, 0.25) is 0 Å². The van der Waals surface area contributed by atoms with E-state index in [9.17, 15) is 0 Å². The van der Waals surface area contributed by atoms with Crippen LogP contribution in [-0.4, -0.2) is 9.78 Å². The molecular weight excluding hydrogens is 160 g/mol. The summed E-state index contributed by atoms with van der Waals surface area (Å²) in [5, 5.41) is 5.74. The second-order valence-electron chi connectivity index (χ2n) is 3.86. The van der Waals surface area contributed by atoms with Crippen LogP contribution in [0.25, 0.3) is 10.9 Å². The number of benzene rings is 1. The number of hydrogen-bond acceptors (Lipinski definition) is 1. The highest BCUT2D eigenvalue weighted by atomic mass is 15.2. The zero-order chi connectivity index (χ0) is 8.84. The average Bonchev–Trinajstić information content (AvgIpc) is 2.86. The summed E-state index contributed by atoms with van der Waals surface area (Å²) in [6, 6.07) is 6.44. The van der Waals surface area contributed by atoms with Crippen molar-refractivity contribution in [1.82, 2.24) is 9.78 Å². The second kappa shape index (κ2) is 2.34. The van der Waals surface area contributed by atoms with Gasteiger partial charge >= 0.3 is 0 Å². The summed E-state index contributed by atoms with van der Waals surface area (Å²) in [5.74, 6) is 0.813. The van der Waals surface area contributed by atoms with Gasteiger partial charge < -0.3 is 0 Å². The first-order valence-corrected chi connectivity index (χ1v) is 4.77. The molecule has 2 heteroatoms. The van der Waals surface area contributed by atoms with Gasteiger partial charge in [0.25, 0.3) is 0 Å². The lowest BCUT2D eigenvalue weighted by molar-refractivity contribution is 0.779. The molecule has 0 N–H and O–H groups in total. The van der Waals surface area contributed by atoms with Crippen LogP contribution in [0.15, 0.2) is 24.4 Å². The Hall–Kier alpha value is -1.31. The van der Waals surface area contributed by atoms with Crippen molar-refractivity contribution in [3.63, 3.8) is 0 Å². The van der Waals surface area contributed by atoms with E-state index >= 15 is 0 Å². The summed E-state index contributed by atoms with van der Waals surface area (Å²) in [4.78, 5) is 0. The van der Waals surface area contributed by atoms with Crippen molar-refractivity contribution < 1.29 is 0 Å². The molecule has 2 aromatic rings. The highest BCUT2D eigenvalue weighted by molar-refractivity contribution is 5.82. The third-order valence-corrected chi connectivity index (χ3v) is 2.72. The molecule has 0 spiro atoms. The van der Waals surface area contributed by atoms with Crippen molar-refractivity contribution in [2.45, 2.75) is 18.8 Å². The summed E-state index contributed by atoms with van der Waals surface area (Å²) in [5.41, 5.74) is 2.62. The first-order chi connectivity index (χ1) is 6.34. The van der Waals surface area contributed by atoms with E-state index in [2.05, 4.69) is 29.5 Å². The fourth-order valence-corrected chi connectivity index (χ4v) is 1.93.